The van der Waals surface area contributed by atoms with Crippen molar-refractivity contribution in [3.05, 3.63) is 59.7 Å². The van der Waals surface area contributed by atoms with E-state index in [1.165, 1.54) is 0 Å². The number of nitrogens with one attached hydrogen (secondary N) is 1. The number of carboxylic acid groups (broad SMARTS) is 1. The van der Waals surface area contributed by atoms with Crippen molar-refractivity contribution in [2.24, 2.45) is 0 Å². The van der Waals surface area contributed by atoms with E-state index in [4.69, 9.17) is 9.84 Å². The maximum atomic E-state index is 10.9. The lowest BCUT2D eigenvalue weighted by Crippen LogP contribution is -2.12. The van der Waals surface area contributed by atoms with Gasteiger partial charge in [-0.1, -0.05) is 18.2 Å². The minimum Gasteiger partial charge on any atom is -0.492 e. The zero-order chi connectivity index (χ0) is 14.4. The largest absolute Gasteiger partial charge is 0.492 e. The number of carbonyl (C=O) groups is 1. The van der Waals surface area contributed by atoms with Crippen LogP contribution in [0.3, 0.4) is 0 Å². The zero-order valence-corrected chi connectivity index (χ0v) is 11.3. The summed E-state index contributed by atoms with van der Waals surface area (Å²) in [7, 11) is 0. The predicted octanol–water partition coefficient (Wildman–Crippen LogP) is 3.18. The van der Waals surface area contributed by atoms with E-state index in [0.717, 1.165) is 17.0 Å². The molecule has 4 nitrogen and oxygen atoms in total. The number of hydrogen-bond donors (Lipinski definition) is 2. The van der Waals surface area contributed by atoms with E-state index in [2.05, 4.69) is 5.32 Å². The third-order valence-electron chi connectivity index (χ3n) is 2.90. The Bertz CT molecular complexity index is 582. The fourth-order valence-electron chi connectivity index (χ4n) is 1.89. The maximum absolute atomic E-state index is 10.9. The smallest absolute Gasteiger partial charge is 0.335 e. The van der Waals surface area contributed by atoms with Gasteiger partial charge in [-0.25, -0.2) is 4.79 Å². The lowest BCUT2D eigenvalue weighted by atomic mass is 10.1. The van der Waals surface area contributed by atoms with Crippen LogP contribution in [0.4, 0.5) is 5.69 Å². The number of anilines is 1. The number of aryl methyl sites for hydroxylation is 1. The summed E-state index contributed by atoms with van der Waals surface area (Å²) < 4.78 is 5.56. The highest BCUT2D eigenvalue weighted by molar-refractivity contribution is 5.89. The third-order valence-corrected chi connectivity index (χ3v) is 2.90. The number of ether oxygens (including phenoxy) is 1. The molecule has 0 atom stereocenters. The predicted molar refractivity (Wildman–Crippen MR) is 78.6 cm³/mol. The molecule has 2 aromatic rings. The summed E-state index contributed by atoms with van der Waals surface area (Å²) in [6, 6.07) is 14.8. The fourth-order valence-corrected chi connectivity index (χ4v) is 1.89. The highest BCUT2D eigenvalue weighted by atomic mass is 16.5. The molecule has 0 saturated heterocycles. The zero-order valence-electron chi connectivity index (χ0n) is 11.3. The summed E-state index contributed by atoms with van der Waals surface area (Å²) in [6.45, 7) is 2.99. The molecule has 0 aliphatic rings. The van der Waals surface area contributed by atoms with Gasteiger partial charge in [-0.05, 0) is 42.8 Å². The summed E-state index contributed by atoms with van der Waals surface area (Å²) in [5, 5.41) is 12.2. The molecule has 2 rings (SSSR count). The van der Waals surface area contributed by atoms with Crippen LogP contribution < -0.4 is 10.1 Å². The van der Waals surface area contributed by atoms with Crippen molar-refractivity contribution < 1.29 is 14.6 Å². The van der Waals surface area contributed by atoms with E-state index in [1.54, 1.807) is 19.1 Å². The Balaban J connectivity index is 1.83. The van der Waals surface area contributed by atoms with Gasteiger partial charge >= 0.3 is 5.97 Å². The molecular formula is C16H17NO3. The Kier molecular flexibility index (Phi) is 4.60. The summed E-state index contributed by atoms with van der Waals surface area (Å²) >= 11 is 0. The molecule has 0 fully saturated rings. The molecule has 0 bridgehead atoms. The summed E-state index contributed by atoms with van der Waals surface area (Å²) in [6.07, 6.45) is 0. The van der Waals surface area contributed by atoms with Crippen LogP contribution in [0.5, 0.6) is 5.75 Å². The van der Waals surface area contributed by atoms with E-state index in [0.29, 0.717) is 18.7 Å². The molecule has 20 heavy (non-hydrogen) atoms. The Morgan fingerprint density at radius 3 is 2.60 bits per heavy atom. The minimum absolute atomic E-state index is 0.330. The van der Waals surface area contributed by atoms with Crippen molar-refractivity contribution in [2.45, 2.75) is 6.92 Å². The van der Waals surface area contributed by atoms with E-state index < -0.39 is 5.97 Å². The van der Waals surface area contributed by atoms with Crippen LogP contribution in [0.1, 0.15) is 15.9 Å². The highest BCUT2D eigenvalue weighted by Crippen LogP contribution is 2.15. The van der Waals surface area contributed by atoms with Crippen molar-refractivity contribution in [3.63, 3.8) is 0 Å². The standard InChI is InChI=1S/C16H17NO3/c1-12-11-13(7-8-15(12)16(18)19)17-9-10-20-14-5-3-2-4-6-14/h2-8,11,17H,9-10H2,1H3,(H,18,19). The Morgan fingerprint density at radius 1 is 1.20 bits per heavy atom. The number of hydrogen-bond acceptors (Lipinski definition) is 3. The van der Waals surface area contributed by atoms with Crippen molar-refractivity contribution in [1.29, 1.82) is 0 Å². The minimum atomic E-state index is -0.901. The second-order valence-electron chi connectivity index (χ2n) is 4.42. The first kappa shape index (κ1) is 13.9. The summed E-state index contributed by atoms with van der Waals surface area (Å²) in [5.74, 6) is -0.0619. The molecule has 0 aromatic heterocycles. The molecule has 2 aromatic carbocycles. The number of rotatable bonds is 6. The SMILES string of the molecule is Cc1cc(NCCOc2ccccc2)ccc1C(=O)O. The Hall–Kier alpha value is -2.49. The second kappa shape index (κ2) is 6.61. The molecule has 0 spiro atoms. The van der Waals surface area contributed by atoms with E-state index >= 15 is 0 Å². The molecule has 0 amide bonds. The van der Waals surface area contributed by atoms with Gasteiger partial charge in [0.05, 0.1) is 5.56 Å². The number of para-hydroxylation sites is 1. The first-order chi connectivity index (χ1) is 9.66. The van der Waals surface area contributed by atoms with Gasteiger partial charge in [-0.2, -0.15) is 0 Å². The molecular weight excluding hydrogens is 254 g/mol. The van der Waals surface area contributed by atoms with Crippen LogP contribution in [0.25, 0.3) is 0 Å². The van der Waals surface area contributed by atoms with E-state index in [1.807, 2.05) is 36.4 Å². The first-order valence-electron chi connectivity index (χ1n) is 6.42. The average molecular weight is 271 g/mol. The van der Waals surface area contributed by atoms with E-state index in [9.17, 15) is 4.79 Å². The third kappa shape index (κ3) is 3.75. The number of benzene rings is 2. The topological polar surface area (TPSA) is 58.6 Å². The lowest BCUT2D eigenvalue weighted by Gasteiger charge is -2.10. The van der Waals surface area contributed by atoms with Gasteiger partial charge in [-0.3, -0.25) is 0 Å². The molecule has 0 aliphatic heterocycles. The fraction of sp³-hybridized carbons (Fsp3) is 0.188. The van der Waals surface area contributed by atoms with Gasteiger partial charge in [-0.15, -0.1) is 0 Å². The van der Waals surface area contributed by atoms with E-state index in [-0.39, 0.29) is 0 Å². The number of aromatic carboxylic acids is 1. The Labute approximate surface area is 118 Å². The van der Waals surface area contributed by atoms with Crippen molar-refractivity contribution in [1.82, 2.24) is 0 Å². The molecule has 0 unspecified atom stereocenters. The maximum Gasteiger partial charge on any atom is 0.335 e. The second-order valence-corrected chi connectivity index (χ2v) is 4.42. The van der Waals surface area contributed by atoms with Gasteiger partial charge in [0.1, 0.15) is 12.4 Å². The van der Waals surface area contributed by atoms with Crippen LogP contribution in [0.2, 0.25) is 0 Å². The van der Waals surface area contributed by atoms with Crippen LogP contribution >= 0.6 is 0 Å². The normalized spacial score (nSPS) is 10.1. The molecule has 2 N–H and O–H groups in total. The van der Waals surface area contributed by atoms with Crippen LogP contribution in [0, 0.1) is 6.92 Å². The van der Waals surface area contributed by atoms with Crippen molar-refractivity contribution in [3.8, 4) is 5.75 Å². The quantitative estimate of drug-likeness (QED) is 0.792. The van der Waals surface area contributed by atoms with Gasteiger partial charge in [0.2, 0.25) is 0 Å². The molecule has 0 aliphatic carbocycles. The van der Waals surface area contributed by atoms with Gasteiger partial charge < -0.3 is 15.2 Å². The molecule has 0 radical (unpaired) electrons. The molecule has 0 heterocycles. The Morgan fingerprint density at radius 2 is 1.95 bits per heavy atom. The first-order valence-corrected chi connectivity index (χ1v) is 6.42. The molecule has 0 saturated carbocycles. The van der Waals surface area contributed by atoms with Gasteiger partial charge in [0.25, 0.3) is 0 Å². The van der Waals surface area contributed by atoms with Gasteiger partial charge in [0.15, 0.2) is 0 Å². The van der Waals surface area contributed by atoms with Gasteiger partial charge in [0, 0.05) is 12.2 Å². The van der Waals surface area contributed by atoms with Crippen molar-refractivity contribution in [2.75, 3.05) is 18.5 Å². The van der Waals surface area contributed by atoms with Crippen LogP contribution in [0.15, 0.2) is 48.5 Å². The van der Waals surface area contributed by atoms with Crippen LogP contribution in [-0.2, 0) is 0 Å². The summed E-state index contributed by atoms with van der Waals surface area (Å²) in [4.78, 5) is 10.9. The van der Waals surface area contributed by atoms with Crippen molar-refractivity contribution >= 4 is 11.7 Å². The highest BCUT2D eigenvalue weighted by Gasteiger charge is 2.06. The summed E-state index contributed by atoms with van der Waals surface area (Å²) in [5.41, 5.74) is 1.96. The monoisotopic (exact) mass is 271 g/mol. The lowest BCUT2D eigenvalue weighted by molar-refractivity contribution is 0.0696. The average Bonchev–Trinajstić information content (AvgIpc) is 2.44. The molecule has 4 heteroatoms. The molecule has 104 valence electrons. The number of carboxylic acids is 1. The van der Waals surface area contributed by atoms with Crippen LogP contribution in [-0.4, -0.2) is 24.2 Å².